The Morgan fingerprint density at radius 3 is 2.16 bits per heavy atom. The van der Waals surface area contributed by atoms with Crippen LogP contribution in [0.25, 0.3) is 11.1 Å². The Morgan fingerprint density at radius 1 is 0.814 bits per heavy atom. The average molecular weight is 1340 g/mol. The molecule has 3 aromatic rings. The molecule has 0 bridgehead atoms. The SMILES string of the molecule is CC(=O)O[C@@H](C)/C=C\C(=O)N[C@@H]1C[C@H](C)[C@H](C/C=C(C)/C=C/[C@H]2O[C@H](CC(=O)N3CCCCN3C(=O)OCc3ccc(NC(=O)[C@H](CCCNC(N)=O)CC(=O)[C@@H](NC(=O)CCCCCNC(=O)OCC4c5ccccc5-c5ccccc54)C(C)C)cc3)C[C@@]3(CO3)[C@@H]2O)O[C@@H]1C. The minimum Gasteiger partial charge on any atom is -0.459 e. The van der Waals surface area contributed by atoms with Crippen molar-refractivity contribution in [3.05, 3.63) is 125 Å². The zero-order valence-electron chi connectivity index (χ0n) is 56.9. The number of primary amides is 1. The molecule has 3 aromatic carbocycles. The molecule has 1 spiro atoms. The first-order valence-electron chi connectivity index (χ1n) is 34.2. The largest absolute Gasteiger partial charge is 0.459 e. The van der Waals surface area contributed by atoms with E-state index in [4.69, 9.17) is 34.2 Å². The van der Waals surface area contributed by atoms with Crippen LogP contribution in [-0.2, 0) is 63.8 Å². The first-order chi connectivity index (χ1) is 46.5. The van der Waals surface area contributed by atoms with E-state index in [2.05, 4.69) is 63.8 Å². The highest BCUT2D eigenvalue weighted by Gasteiger charge is 2.58. The van der Waals surface area contributed by atoms with Crippen molar-refractivity contribution in [2.75, 3.05) is 44.7 Å². The quantitative estimate of drug-likeness (QED) is 0.00790. The fourth-order valence-corrected chi connectivity index (χ4v) is 13.1. The van der Waals surface area contributed by atoms with Gasteiger partial charge >= 0.3 is 24.2 Å². The first kappa shape index (κ1) is 74.3. The summed E-state index contributed by atoms with van der Waals surface area (Å²) in [7, 11) is 0. The third-order valence-corrected chi connectivity index (χ3v) is 18.6. The lowest BCUT2D eigenvalue weighted by atomic mass is 9.87. The number of carbonyl (C=O) groups is 9. The molecule has 11 atom stereocenters. The minimum absolute atomic E-state index is 0.0480. The fourth-order valence-electron chi connectivity index (χ4n) is 13.1. The number of rotatable bonds is 31. The maximum Gasteiger partial charge on any atom is 0.429 e. The highest BCUT2D eigenvalue weighted by atomic mass is 16.6. The number of fused-ring (bicyclic) bond motifs is 3. The van der Waals surface area contributed by atoms with Gasteiger partial charge in [-0.3, -0.25) is 28.8 Å². The van der Waals surface area contributed by atoms with Gasteiger partial charge in [-0.2, -0.15) is 0 Å². The van der Waals surface area contributed by atoms with Gasteiger partial charge in [-0.05, 0) is 130 Å². The van der Waals surface area contributed by atoms with Crippen LogP contribution in [0.5, 0.6) is 0 Å². The Balaban J connectivity index is 0.758. The van der Waals surface area contributed by atoms with Gasteiger partial charge in [0, 0.05) is 76.0 Å². The molecule has 4 saturated heterocycles. The molecule has 24 heteroatoms. The van der Waals surface area contributed by atoms with Gasteiger partial charge < -0.3 is 65.8 Å². The summed E-state index contributed by atoms with van der Waals surface area (Å²) >= 11 is 0. The number of ketones is 1. The summed E-state index contributed by atoms with van der Waals surface area (Å²) < 4.78 is 35.0. The van der Waals surface area contributed by atoms with Gasteiger partial charge in [-0.25, -0.2) is 24.4 Å². The molecular formula is C73H98N8O16. The van der Waals surface area contributed by atoms with Gasteiger partial charge in [0.1, 0.15) is 37.1 Å². The molecule has 0 saturated carbocycles. The van der Waals surface area contributed by atoms with Crippen LogP contribution in [0.2, 0.25) is 0 Å². The predicted molar refractivity (Wildman–Crippen MR) is 362 cm³/mol. The fraction of sp³-hybridized carbons (Fsp3) is 0.548. The van der Waals surface area contributed by atoms with E-state index in [-0.39, 0.29) is 118 Å². The van der Waals surface area contributed by atoms with Crippen LogP contribution in [0.1, 0.15) is 155 Å². The van der Waals surface area contributed by atoms with E-state index in [9.17, 15) is 48.3 Å². The number of alkyl carbamates (subject to hydrolysis) is 1. The number of nitrogens with one attached hydrogen (secondary N) is 5. The molecule has 4 heterocycles. The predicted octanol–water partition coefficient (Wildman–Crippen LogP) is 8.74. The van der Waals surface area contributed by atoms with E-state index in [0.717, 1.165) is 27.8 Å². The summed E-state index contributed by atoms with van der Waals surface area (Å²) in [6.45, 7) is 14.1. The van der Waals surface area contributed by atoms with Crippen molar-refractivity contribution >= 4 is 59.3 Å². The molecule has 8 N–H and O–H groups in total. The molecule has 526 valence electrons. The second-order valence-corrected chi connectivity index (χ2v) is 26.6. The number of epoxide rings is 1. The average Bonchev–Trinajstić information content (AvgIpc) is 1.61. The van der Waals surface area contributed by atoms with Crippen molar-refractivity contribution < 1.29 is 76.7 Å². The van der Waals surface area contributed by atoms with Crippen molar-refractivity contribution in [1.29, 1.82) is 0 Å². The summed E-state index contributed by atoms with van der Waals surface area (Å²) in [5, 5.41) is 28.2. The number of nitrogens with zero attached hydrogens (tertiary/aromatic N) is 2. The van der Waals surface area contributed by atoms with E-state index in [1.54, 1.807) is 37.3 Å². The summed E-state index contributed by atoms with van der Waals surface area (Å²) in [4.78, 5) is 117. The number of allylic oxidation sites excluding steroid dienone is 2. The molecule has 97 heavy (non-hydrogen) atoms. The summed E-state index contributed by atoms with van der Waals surface area (Å²) in [6, 6.07) is 21.1. The number of esters is 1. The zero-order chi connectivity index (χ0) is 69.8. The third kappa shape index (κ3) is 21.8. The highest BCUT2D eigenvalue weighted by molar-refractivity contribution is 5.97. The molecule has 8 amide bonds. The summed E-state index contributed by atoms with van der Waals surface area (Å²) in [6.07, 6.45) is 9.33. The Hall–Kier alpha value is -8.45. The topological polar surface area (TPSA) is 325 Å². The van der Waals surface area contributed by atoms with Crippen LogP contribution in [0.15, 0.2) is 109 Å². The lowest BCUT2D eigenvalue weighted by Crippen LogP contribution is -2.55. The lowest BCUT2D eigenvalue weighted by Gasteiger charge is -2.40. The number of hydrogen-bond acceptors (Lipinski definition) is 16. The molecule has 4 fully saturated rings. The number of Topliss-reactive ketones (excluding diaryl/α,β-unsaturated/α-hetero) is 1. The van der Waals surface area contributed by atoms with Crippen molar-refractivity contribution in [3.8, 4) is 11.1 Å². The summed E-state index contributed by atoms with van der Waals surface area (Å²) in [5.74, 6) is -3.17. The normalized spacial score (nSPS) is 23.2. The highest BCUT2D eigenvalue weighted by Crippen LogP contribution is 2.45. The number of anilines is 1. The third-order valence-electron chi connectivity index (χ3n) is 18.6. The van der Waals surface area contributed by atoms with Crippen LogP contribution in [0.3, 0.4) is 0 Å². The van der Waals surface area contributed by atoms with Crippen molar-refractivity contribution in [2.45, 2.75) is 199 Å². The van der Waals surface area contributed by atoms with E-state index in [1.807, 2.05) is 58.0 Å². The van der Waals surface area contributed by atoms with Crippen molar-refractivity contribution in [3.63, 3.8) is 0 Å². The number of carbonyl (C=O) groups excluding carboxylic acids is 9. The van der Waals surface area contributed by atoms with Crippen LogP contribution < -0.4 is 32.3 Å². The molecule has 5 aliphatic rings. The number of benzene rings is 3. The number of ether oxygens (including phenoxy) is 6. The van der Waals surface area contributed by atoms with E-state index in [1.165, 1.54) is 29.1 Å². The van der Waals surface area contributed by atoms with Crippen LogP contribution >= 0.6 is 0 Å². The number of nitrogens with two attached hydrogens (primary N) is 1. The minimum atomic E-state index is -0.969. The maximum absolute atomic E-state index is 14.1. The Labute approximate surface area is 568 Å². The monoisotopic (exact) mass is 1340 g/mol. The first-order valence-corrected chi connectivity index (χ1v) is 34.2. The lowest BCUT2D eigenvalue weighted by molar-refractivity contribution is -0.163. The van der Waals surface area contributed by atoms with Gasteiger partial charge in [-0.1, -0.05) is 112 Å². The van der Waals surface area contributed by atoms with Crippen LogP contribution in [0, 0.1) is 17.8 Å². The van der Waals surface area contributed by atoms with Gasteiger partial charge in [0.25, 0.3) is 0 Å². The molecule has 0 radical (unpaired) electrons. The number of unbranched alkanes of at least 4 members (excludes halogenated alkanes) is 2. The molecule has 0 aromatic heterocycles. The molecule has 24 nitrogen and oxygen atoms in total. The van der Waals surface area contributed by atoms with E-state index < -0.39 is 72.1 Å². The van der Waals surface area contributed by atoms with Crippen molar-refractivity contribution in [2.24, 2.45) is 23.5 Å². The number of urea groups is 1. The van der Waals surface area contributed by atoms with Crippen LogP contribution in [-0.4, -0.2) is 162 Å². The van der Waals surface area contributed by atoms with Gasteiger partial charge in [0.2, 0.25) is 23.6 Å². The zero-order valence-corrected chi connectivity index (χ0v) is 56.9. The smallest absolute Gasteiger partial charge is 0.429 e. The Kier molecular flexibility index (Phi) is 27.4. The number of amides is 8. The van der Waals surface area contributed by atoms with Gasteiger partial charge in [-0.15, -0.1) is 0 Å². The molecule has 8 rings (SSSR count). The van der Waals surface area contributed by atoms with Crippen molar-refractivity contribution in [1.82, 2.24) is 31.3 Å². The maximum atomic E-state index is 14.1. The van der Waals surface area contributed by atoms with E-state index in [0.29, 0.717) is 82.2 Å². The standard InChI is InChI=1S/C73H98N8O16/c1-45(2)67(79-64(84)23-9-8-14-34-76-71(90)92-43-59-57-21-12-10-19-55(57)56-20-11-13-22-58(56)59)61(83)39-52(18-17-35-75-70(74)89)69(88)77-53-29-27-51(28-30-53)42-93-72(91)81-37-16-15-36-80(81)66(86)40-54-41-73(44-94-73)68(87)63(97-54)32-25-46(3)24-31-62-47(4)38-60(49(6)96-62)78-65(85)33-26-48(5)95-50(7)82/h10-13,19-22,24-30,32-33,45,47-49,52,54,59-60,62-63,67-68,87H,8-9,14-18,23,31,34-44H2,1-7H3,(H,76,90)(H,77,88)(H,78,85)(H,79,84)(H3,74,75,89)/b32-25+,33-26-,46-24+/t47-,48-,49+,52+,54+,60+,62-,63+,67-,68+,73+/m0/s1. The van der Waals surface area contributed by atoms with Crippen LogP contribution in [0.4, 0.5) is 20.1 Å². The van der Waals surface area contributed by atoms with Gasteiger partial charge in [0.15, 0.2) is 5.78 Å². The summed E-state index contributed by atoms with van der Waals surface area (Å²) in [5.41, 5.74) is 10.9. The van der Waals surface area contributed by atoms with Gasteiger partial charge in [0.05, 0.1) is 43.4 Å². The number of hydrazine groups is 1. The number of aliphatic hydroxyl groups is 1. The second-order valence-electron chi connectivity index (χ2n) is 26.6. The second kappa shape index (κ2) is 35.7. The molecule has 1 aliphatic carbocycles. The molecule has 0 unspecified atom stereocenters. The molecular weight excluding hydrogens is 1240 g/mol. The Bertz CT molecular complexity index is 3290. The number of hydrogen-bond donors (Lipinski definition) is 7. The molecule has 4 aliphatic heterocycles. The number of aliphatic hydroxyl groups excluding tert-OH is 1. The van der Waals surface area contributed by atoms with E-state index >= 15 is 0 Å². The Morgan fingerprint density at radius 2 is 1.49 bits per heavy atom.